The number of hydrogen-bond donors (Lipinski definition) is 1. The van der Waals surface area contributed by atoms with E-state index in [0.717, 1.165) is 16.4 Å². The second-order valence-electron chi connectivity index (χ2n) is 5.80. The number of carbonyl (C=O) groups excluding carboxylic acids is 2. The summed E-state index contributed by atoms with van der Waals surface area (Å²) in [5.41, 5.74) is 3.02. The molecule has 0 spiro atoms. The average Bonchev–Trinajstić information content (AvgIpc) is 3.24. The van der Waals surface area contributed by atoms with Crippen molar-refractivity contribution >= 4 is 40.1 Å². The number of carbonyl (C=O) groups is 2. The molecule has 0 bridgehead atoms. The summed E-state index contributed by atoms with van der Waals surface area (Å²) in [6.45, 7) is 6.40. The van der Waals surface area contributed by atoms with Crippen LogP contribution in [-0.4, -0.2) is 35.1 Å². The molecule has 1 unspecified atom stereocenters. The maximum absolute atomic E-state index is 12.7. The van der Waals surface area contributed by atoms with Gasteiger partial charge in [-0.3, -0.25) is 4.79 Å². The van der Waals surface area contributed by atoms with Crippen molar-refractivity contribution in [2.45, 2.75) is 33.2 Å². The second kappa shape index (κ2) is 8.09. The average molecular weight is 392 g/mol. The zero-order chi connectivity index (χ0) is 18.7. The van der Waals surface area contributed by atoms with Crippen LogP contribution in [0.4, 0.5) is 0 Å². The van der Waals surface area contributed by atoms with Crippen molar-refractivity contribution in [2.75, 3.05) is 13.2 Å². The standard InChI is InChI=1S/C18H21N3O3S2/c1-4-19-14(22)8-13-10-26-18-20-11(3)15(17(23)24-5-2)16(21(13)18)12-6-7-25-9-12/h6-7,9-10,16H,4-5,8H2,1-3H3,(H,19,22). The number of esters is 1. The van der Waals surface area contributed by atoms with E-state index in [1.807, 2.05) is 41.0 Å². The first kappa shape index (κ1) is 18.7. The van der Waals surface area contributed by atoms with Gasteiger partial charge in [-0.15, -0.1) is 0 Å². The predicted octanol–water partition coefficient (Wildman–Crippen LogP) is 3.41. The number of fused-ring (bicyclic) bond motifs is 1. The number of amidine groups is 1. The number of ether oxygens (including phenoxy) is 1. The summed E-state index contributed by atoms with van der Waals surface area (Å²) in [4.78, 5) is 31.4. The zero-order valence-electron chi connectivity index (χ0n) is 14.9. The van der Waals surface area contributed by atoms with Crippen LogP contribution in [0, 0.1) is 0 Å². The fraction of sp³-hybridized carbons (Fsp3) is 0.389. The van der Waals surface area contributed by atoms with Crippen molar-refractivity contribution < 1.29 is 14.3 Å². The molecule has 2 aliphatic heterocycles. The Balaban J connectivity index is 2.00. The monoisotopic (exact) mass is 391 g/mol. The zero-order valence-corrected chi connectivity index (χ0v) is 16.6. The third-order valence-corrected chi connectivity index (χ3v) is 5.66. The van der Waals surface area contributed by atoms with Gasteiger partial charge in [0.05, 0.1) is 30.3 Å². The smallest absolute Gasteiger partial charge is 0.338 e. The van der Waals surface area contributed by atoms with E-state index in [-0.39, 0.29) is 24.3 Å². The fourth-order valence-corrected chi connectivity index (χ4v) is 4.65. The van der Waals surface area contributed by atoms with Gasteiger partial charge < -0.3 is 15.0 Å². The van der Waals surface area contributed by atoms with Crippen LogP contribution in [0.1, 0.15) is 38.8 Å². The maximum Gasteiger partial charge on any atom is 0.338 e. The van der Waals surface area contributed by atoms with Crippen molar-refractivity contribution in [1.82, 2.24) is 10.2 Å². The third kappa shape index (κ3) is 3.57. The first-order valence-electron chi connectivity index (χ1n) is 8.47. The van der Waals surface area contributed by atoms with Crippen molar-refractivity contribution in [3.63, 3.8) is 0 Å². The molecule has 3 rings (SSSR count). The molecule has 3 heterocycles. The summed E-state index contributed by atoms with van der Waals surface area (Å²) >= 11 is 3.05. The normalized spacial score (nSPS) is 19.0. The van der Waals surface area contributed by atoms with E-state index in [1.54, 1.807) is 18.3 Å². The quantitative estimate of drug-likeness (QED) is 0.753. The Morgan fingerprint density at radius 3 is 2.85 bits per heavy atom. The lowest BCUT2D eigenvalue weighted by Gasteiger charge is -2.35. The van der Waals surface area contributed by atoms with Gasteiger partial charge in [-0.05, 0) is 48.6 Å². The van der Waals surface area contributed by atoms with Crippen LogP contribution >= 0.6 is 23.1 Å². The SMILES string of the molecule is CCNC(=O)CC1=CSC2=NC(C)=C(C(=O)OCC)C(c3ccsc3)N12. The van der Waals surface area contributed by atoms with Crippen LogP contribution < -0.4 is 5.32 Å². The lowest BCUT2D eigenvalue weighted by Crippen LogP contribution is -2.37. The van der Waals surface area contributed by atoms with Gasteiger partial charge in [-0.25, -0.2) is 9.79 Å². The number of amides is 1. The van der Waals surface area contributed by atoms with Crippen LogP contribution in [0.15, 0.2) is 44.2 Å². The van der Waals surface area contributed by atoms with Crippen molar-refractivity contribution in [3.8, 4) is 0 Å². The summed E-state index contributed by atoms with van der Waals surface area (Å²) in [6, 6.07) is 1.67. The summed E-state index contributed by atoms with van der Waals surface area (Å²) in [5, 5.41) is 9.55. The number of allylic oxidation sites excluding steroid dienone is 1. The maximum atomic E-state index is 12.7. The Labute approximate surface area is 161 Å². The highest BCUT2D eigenvalue weighted by Crippen LogP contribution is 2.45. The number of nitrogens with zero attached hydrogens (tertiary/aromatic N) is 2. The molecule has 6 nitrogen and oxygen atoms in total. The number of rotatable bonds is 6. The molecule has 138 valence electrons. The van der Waals surface area contributed by atoms with E-state index in [4.69, 9.17) is 4.74 Å². The molecule has 1 aromatic heterocycles. The molecular formula is C18H21N3O3S2. The summed E-state index contributed by atoms with van der Waals surface area (Å²) < 4.78 is 5.29. The lowest BCUT2D eigenvalue weighted by molar-refractivity contribution is -0.139. The van der Waals surface area contributed by atoms with Crippen LogP contribution in [0.5, 0.6) is 0 Å². The van der Waals surface area contributed by atoms with Gasteiger partial charge in [0, 0.05) is 12.2 Å². The molecule has 0 radical (unpaired) electrons. The van der Waals surface area contributed by atoms with Gasteiger partial charge >= 0.3 is 5.97 Å². The van der Waals surface area contributed by atoms with E-state index in [2.05, 4.69) is 10.3 Å². The minimum atomic E-state index is -0.363. The van der Waals surface area contributed by atoms with Gasteiger partial charge in [0.2, 0.25) is 5.91 Å². The van der Waals surface area contributed by atoms with Gasteiger partial charge in [0.25, 0.3) is 0 Å². The van der Waals surface area contributed by atoms with Gasteiger partial charge in [0.1, 0.15) is 0 Å². The summed E-state index contributed by atoms with van der Waals surface area (Å²) in [6.07, 6.45) is 0.246. The highest BCUT2D eigenvalue weighted by atomic mass is 32.2. The van der Waals surface area contributed by atoms with Crippen LogP contribution in [0.3, 0.4) is 0 Å². The van der Waals surface area contributed by atoms with Gasteiger partial charge in [-0.1, -0.05) is 11.8 Å². The molecule has 2 aliphatic rings. The Hall–Kier alpha value is -2.06. The minimum absolute atomic E-state index is 0.0476. The number of nitrogens with one attached hydrogen (secondary N) is 1. The number of hydrogen-bond acceptors (Lipinski definition) is 7. The number of aliphatic imine (C=N–C) groups is 1. The molecule has 1 atom stereocenters. The minimum Gasteiger partial charge on any atom is -0.463 e. The molecular weight excluding hydrogens is 370 g/mol. The molecule has 0 saturated heterocycles. The Morgan fingerprint density at radius 1 is 1.38 bits per heavy atom. The second-order valence-corrected chi connectivity index (χ2v) is 7.42. The van der Waals surface area contributed by atoms with E-state index < -0.39 is 0 Å². The fourth-order valence-electron chi connectivity index (χ4n) is 3.01. The Bertz CT molecular complexity index is 797. The Morgan fingerprint density at radius 2 is 2.19 bits per heavy atom. The highest BCUT2D eigenvalue weighted by Gasteiger charge is 2.41. The first-order chi connectivity index (χ1) is 12.6. The van der Waals surface area contributed by atoms with Crippen LogP contribution in [-0.2, 0) is 14.3 Å². The van der Waals surface area contributed by atoms with Crippen LogP contribution in [0.25, 0.3) is 0 Å². The van der Waals surface area contributed by atoms with E-state index in [0.29, 0.717) is 24.4 Å². The number of thiophene rings is 1. The number of thioether (sulfide) groups is 1. The van der Waals surface area contributed by atoms with E-state index >= 15 is 0 Å². The van der Waals surface area contributed by atoms with E-state index in [9.17, 15) is 9.59 Å². The summed E-state index contributed by atoms with van der Waals surface area (Å²) in [5.74, 6) is -0.410. The predicted molar refractivity (Wildman–Crippen MR) is 105 cm³/mol. The molecule has 1 amide bonds. The Kier molecular flexibility index (Phi) is 5.83. The molecule has 0 fully saturated rings. The molecule has 0 aliphatic carbocycles. The first-order valence-corrected chi connectivity index (χ1v) is 10.3. The molecule has 0 saturated carbocycles. The van der Waals surface area contributed by atoms with Crippen LogP contribution in [0.2, 0.25) is 0 Å². The topological polar surface area (TPSA) is 71.0 Å². The van der Waals surface area contributed by atoms with Crippen molar-refractivity contribution in [3.05, 3.63) is 44.8 Å². The molecule has 8 heteroatoms. The van der Waals surface area contributed by atoms with Crippen molar-refractivity contribution in [1.29, 1.82) is 0 Å². The van der Waals surface area contributed by atoms with Gasteiger partial charge in [0.15, 0.2) is 5.17 Å². The summed E-state index contributed by atoms with van der Waals surface area (Å²) in [7, 11) is 0. The molecule has 0 aromatic carbocycles. The lowest BCUT2D eigenvalue weighted by atomic mass is 9.96. The van der Waals surface area contributed by atoms with E-state index in [1.165, 1.54) is 11.8 Å². The molecule has 1 N–H and O–H groups in total. The molecule has 26 heavy (non-hydrogen) atoms. The van der Waals surface area contributed by atoms with Gasteiger partial charge in [-0.2, -0.15) is 11.3 Å². The van der Waals surface area contributed by atoms with Crippen molar-refractivity contribution in [2.24, 2.45) is 4.99 Å². The third-order valence-electron chi connectivity index (χ3n) is 4.07. The largest absolute Gasteiger partial charge is 0.463 e. The highest BCUT2D eigenvalue weighted by molar-refractivity contribution is 8.16. The molecule has 1 aromatic rings.